The Kier molecular flexibility index (Phi) is 7.10. The number of carbonyl (C=O) groups excluding carboxylic acids is 1. The molecule has 0 saturated carbocycles. The van der Waals surface area contributed by atoms with Crippen molar-refractivity contribution in [2.75, 3.05) is 11.9 Å². The lowest BCUT2D eigenvalue weighted by atomic mass is 10.1. The van der Waals surface area contributed by atoms with Gasteiger partial charge in [0.2, 0.25) is 5.91 Å². The van der Waals surface area contributed by atoms with Gasteiger partial charge in [-0.15, -0.1) is 11.3 Å². The fourth-order valence-electron chi connectivity index (χ4n) is 3.30. The number of amides is 1. The molecule has 4 aromatic rings. The first kappa shape index (κ1) is 21.2. The number of hydrogen-bond donors (Lipinski definition) is 1. The van der Waals surface area contributed by atoms with E-state index in [9.17, 15) is 4.79 Å². The molecule has 1 aromatic heterocycles. The molecule has 0 spiro atoms. The van der Waals surface area contributed by atoms with Crippen molar-refractivity contribution in [3.8, 4) is 11.3 Å². The van der Waals surface area contributed by atoms with E-state index in [2.05, 4.69) is 39.5 Å². The molecule has 0 unspecified atom stereocenters. The van der Waals surface area contributed by atoms with Crippen LogP contribution in [0.15, 0.2) is 90.3 Å². The van der Waals surface area contributed by atoms with Gasteiger partial charge >= 0.3 is 0 Å². The van der Waals surface area contributed by atoms with E-state index < -0.39 is 0 Å². The lowest BCUT2D eigenvalue weighted by molar-refractivity contribution is -0.117. The van der Waals surface area contributed by atoms with E-state index in [1.54, 1.807) is 0 Å². The van der Waals surface area contributed by atoms with Crippen LogP contribution < -0.4 is 5.32 Å². The van der Waals surface area contributed by atoms with Crippen LogP contribution in [0.2, 0.25) is 5.02 Å². The van der Waals surface area contributed by atoms with Gasteiger partial charge in [-0.2, -0.15) is 0 Å². The molecule has 0 aliphatic carbocycles. The van der Waals surface area contributed by atoms with Crippen molar-refractivity contribution in [2.24, 2.45) is 0 Å². The maximum absolute atomic E-state index is 12.8. The van der Waals surface area contributed by atoms with E-state index in [0.717, 1.165) is 11.3 Å². The van der Waals surface area contributed by atoms with Gasteiger partial charge in [0.05, 0.1) is 12.2 Å². The molecule has 0 aliphatic heterocycles. The fraction of sp³-hybridized carbons (Fsp3) is 0.120. The Morgan fingerprint density at radius 3 is 2.03 bits per heavy atom. The summed E-state index contributed by atoms with van der Waals surface area (Å²) in [6.45, 7) is 1.66. The number of rotatable bonds is 8. The van der Waals surface area contributed by atoms with Gasteiger partial charge in [0.15, 0.2) is 5.13 Å². The third kappa shape index (κ3) is 6.25. The third-order valence-electron chi connectivity index (χ3n) is 4.76. The topological polar surface area (TPSA) is 45.2 Å². The highest BCUT2D eigenvalue weighted by Gasteiger charge is 2.14. The normalized spacial score (nSPS) is 10.9. The first-order valence-corrected chi connectivity index (χ1v) is 11.2. The summed E-state index contributed by atoms with van der Waals surface area (Å²) in [5, 5.41) is 6.16. The predicted molar refractivity (Wildman–Crippen MR) is 128 cm³/mol. The summed E-state index contributed by atoms with van der Waals surface area (Å²) in [6.07, 6.45) is 0. The van der Waals surface area contributed by atoms with Gasteiger partial charge in [0.1, 0.15) is 0 Å². The number of anilines is 1. The first-order chi connectivity index (χ1) is 15.2. The SMILES string of the molecule is O=C(CN(Cc1ccccc1)Cc1ccccc1)Nc1nc(-c2ccc(Cl)cc2)cs1. The number of hydrogen-bond acceptors (Lipinski definition) is 4. The van der Waals surface area contributed by atoms with Crippen LogP contribution in [0.25, 0.3) is 11.3 Å². The van der Waals surface area contributed by atoms with Gasteiger partial charge in [-0.1, -0.05) is 84.4 Å². The Morgan fingerprint density at radius 1 is 0.871 bits per heavy atom. The van der Waals surface area contributed by atoms with Crippen molar-refractivity contribution >= 4 is 34.0 Å². The number of benzene rings is 3. The Labute approximate surface area is 191 Å². The van der Waals surface area contributed by atoms with Crippen molar-refractivity contribution in [1.29, 1.82) is 0 Å². The number of aromatic nitrogens is 1. The van der Waals surface area contributed by atoms with E-state index in [1.807, 2.05) is 66.0 Å². The molecule has 1 amide bonds. The van der Waals surface area contributed by atoms with Crippen molar-refractivity contribution in [2.45, 2.75) is 13.1 Å². The van der Waals surface area contributed by atoms with E-state index in [1.165, 1.54) is 22.5 Å². The summed E-state index contributed by atoms with van der Waals surface area (Å²) in [4.78, 5) is 19.5. The minimum absolute atomic E-state index is 0.0798. The van der Waals surface area contributed by atoms with Crippen LogP contribution in [0.5, 0.6) is 0 Å². The zero-order valence-corrected chi connectivity index (χ0v) is 18.4. The molecule has 0 atom stereocenters. The Hall–Kier alpha value is -2.99. The van der Waals surface area contributed by atoms with Crippen LogP contribution in [0, 0.1) is 0 Å². The monoisotopic (exact) mass is 447 g/mol. The van der Waals surface area contributed by atoms with Crippen LogP contribution in [0.1, 0.15) is 11.1 Å². The highest BCUT2D eigenvalue weighted by molar-refractivity contribution is 7.14. The number of nitrogens with one attached hydrogen (secondary N) is 1. The smallest absolute Gasteiger partial charge is 0.240 e. The predicted octanol–water partition coefficient (Wildman–Crippen LogP) is 6.10. The summed E-state index contributed by atoms with van der Waals surface area (Å²) in [7, 11) is 0. The van der Waals surface area contributed by atoms with Gasteiger partial charge in [0, 0.05) is 29.1 Å². The van der Waals surface area contributed by atoms with E-state index >= 15 is 0 Å². The quantitative estimate of drug-likeness (QED) is 0.354. The summed E-state index contributed by atoms with van der Waals surface area (Å²) < 4.78 is 0. The molecule has 1 N–H and O–H groups in total. The molecule has 4 nitrogen and oxygen atoms in total. The molecule has 4 rings (SSSR count). The van der Waals surface area contributed by atoms with Crippen molar-refractivity contribution in [1.82, 2.24) is 9.88 Å². The summed E-state index contributed by atoms with van der Waals surface area (Å²) >= 11 is 7.38. The lowest BCUT2D eigenvalue weighted by Gasteiger charge is -2.22. The average Bonchev–Trinajstić information content (AvgIpc) is 3.24. The molecule has 0 saturated heterocycles. The third-order valence-corrected chi connectivity index (χ3v) is 5.77. The van der Waals surface area contributed by atoms with E-state index in [0.29, 0.717) is 23.2 Å². The molecule has 0 aliphatic rings. The molecule has 156 valence electrons. The van der Waals surface area contributed by atoms with Crippen LogP contribution in [-0.4, -0.2) is 22.3 Å². The Balaban J connectivity index is 1.42. The standard InChI is InChI=1S/C25H22ClN3OS/c26-22-13-11-21(12-14-22)23-18-31-25(27-23)28-24(30)17-29(15-19-7-3-1-4-8-19)16-20-9-5-2-6-10-20/h1-14,18H,15-17H2,(H,27,28,30). The molecule has 31 heavy (non-hydrogen) atoms. The van der Waals surface area contributed by atoms with Gasteiger partial charge in [-0.25, -0.2) is 4.98 Å². The fourth-order valence-corrected chi connectivity index (χ4v) is 4.16. The van der Waals surface area contributed by atoms with E-state index in [-0.39, 0.29) is 12.5 Å². The highest BCUT2D eigenvalue weighted by Crippen LogP contribution is 2.26. The molecule has 3 aromatic carbocycles. The van der Waals surface area contributed by atoms with Crippen molar-refractivity contribution in [3.63, 3.8) is 0 Å². The molecule has 1 heterocycles. The minimum Gasteiger partial charge on any atom is -0.301 e. The van der Waals surface area contributed by atoms with Crippen LogP contribution in [-0.2, 0) is 17.9 Å². The van der Waals surface area contributed by atoms with Gasteiger partial charge in [-0.3, -0.25) is 9.69 Å². The molecule has 0 fully saturated rings. The Bertz CT molecular complexity index is 1070. The van der Waals surface area contributed by atoms with Crippen molar-refractivity contribution < 1.29 is 4.79 Å². The highest BCUT2D eigenvalue weighted by atomic mass is 35.5. The minimum atomic E-state index is -0.0798. The lowest BCUT2D eigenvalue weighted by Crippen LogP contribution is -2.32. The number of carbonyl (C=O) groups is 1. The molecule has 6 heteroatoms. The van der Waals surface area contributed by atoms with Crippen LogP contribution in [0.3, 0.4) is 0 Å². The second-order valence-electron chi connectivity index (χ2n) is 7.21. The van der Waals surface area contributed by atoms with Crippen LogP contribution >= 0.6 is 22.9 Å². The zero-order chi connectivity index (χ0) is 21.5. The van der Waals surface area contributed by atoms with E-state index in [4.69, 9.17) is 11.6 Å². The van der Waals surface area contributed by atoms with Gasteiger partial charge in [-0.05, 0) is 23.3 Å². The maximum Gasteiger partial charge on any atom is 0.240 e. The average molecular weight is 448 g/mol. The molecule has 0 bridgehead atoms. The zero-order valence-electron chi connectivity index (χ0n) is 16.9. The van der Waals surface area contributed by atoms with Gasteiger partial charge in [0.25, 0.3) is 0 Å². The Morgan fingerprint density at radius 2 is 1.45 bits per heavy atom. The van der Waals surface area contributed by atoms with Gasteiger partial charge < -0.3 is 5.32 Å². The maximum atomic E-state index is 12.8. The number of halogens is 1. The second-order valence-corrected chi connectivity index (χ2v) is 8.50. The summed E-state index contributed by atoms with van der Waals surface area (Å²) in [6, 6.07) is 27.9. The largest absolute Gasteiger partial charge is 0.301 e. The van der Waals surface area contributed by atoms with Crippen LogP contribution in [0.4, 0.5) is 5.13 Å². The first-order valence-electron chi connectivity index (χ1n) is 9.97. The number of nitrogens with zero attached hydrogens (tertiary/aromatic N) is 2. The summed E-state index contributed by atoms with van der Waals surface area (Å²) in [5.74, 6) is -0.0798. The second kappa shape index (κ2) is 10.4. The summed E-state index contributed by atoms with van der Waals surface area (Å²) in [5.41, 5.74) is 4.13. The number of thiazole rings is 1. The molecular weight excluding hydrogens is 426 g/mol. The molecule has 0 radical (unpaired) electrons. The van der Waals surface area contributed by atoms with Crippen molar-refractivity contribution in [3.05, 3.63) is 106 Å². The molecular formula is C25H22ClN3OS.